The molecule has 0 amide bonds. The van der Waals surface area contributed by atoms with E-state index >= 15 is 0 Å². The zero-order valence-electron chi connectivity index (χ0n) is 13.2. The summed E-state index contributed by atoms with van der Waals surface area (Å²) in [4.78, 5) is -0.0746. The molecule has 0 heterocycles. The summed E-state index contributed by atoms with van der Waals surface area (Å²) in [6.45, 7) is 0. The van der Waals surface area contributed by atoms with Crippen molar-refractivity contribution in [1.29, 1.82) is 0 Å². The van der Waals surface area contributed by atoms with E-state index in [9.17, 15) is 21.6 Å². The van der Waals surface area contributed by atoms with Crippen LogP contribution >= 0.6 is 0 Å². The first-order valence-corrected chi connectivity index (χ1v) is 8.92. The molecule has 0 aliphatic heterocycles. The van der Waals surface area contributed by atoms with Crippen LogP contribution in [0.2, 0.25) is 0 Å². The fraction of sp³-hybridized carbons (Fsp3) is 0. The SMILES string of the molecule is O=S(=O)(Nc1ccc(Nc2ccc(F)cc2F)cc1)c1ccc(F)cc1. The largest absolute Gasteiger partial charge is 0.353 e. The van der Waals surface area contributed by atoms with Crippen molar-refractivity contribution < 1.29 is 21.6 Å². The summed E-state index contributed by atoms with van der Waals surface area (Å²) in [5.74, 6) is -1.96. The van der Waals surface area contributed by atoms with Gasteiger partial charge in [-0.1, -0.05) is 0 Å². The molecule has 0 spiro atoms. The van der Waals surface area contributed by atoms with Gasteiger partial charge in [0, 0.05) is 17.4 Å². The third-order valence-electron chi connectivity index (χ3n) is 3.47. The Hall–Kier alpha value is -3.00. The molecule has 0 fully saturated rings. The number of benzene rings is 3. The van der Waals surface area contributed by atoms with Crippen LogP contribution in [0.1, 0.15) is 0 Å². The first-order chi connectivity index (χ1) is 12.3. The zero-order valence-corrected chi connectivity index (χ0v) is 14.0. The van der Waals surface area contributed by atoms with E-state index in [4.69, 9.17) is 0 Å². The molecule has 3 aromatic carbocycles. The number of anilines is 3. The highest BCUT2D eigenvalue weighted by Gasteiger charge is 2.14. The van der Waals surface area contributed by atoms with Gasteiger partial charge in [0.1, 0.15) is 17.5 Å². The van der Waals surface area contributed by atoms with Crippen molar-refractivity contribution in [3.8, 4) is 0 Å². The Morgan fingerprint density at radius 1 is 0.692 bits per heavy atom. The van der Waals surface area contributed by atoms with Crippen molar-refractivity contribution in [3.05, 3.63) is 84.2 Å². The number of hydrogen-bond donors (Lipinski definition) is 2. The quantitative estimate of drug-likeness (QED) is 0.680. The monoisotopic (exact) mass is 378 g/mol. The molecule has 134 valence electrons. The summed E-state index contributed by atoms with van der Waals surface area (Å²) in [5.41, 5.74) is 0.853. The van der Waals surface area contributed by atoms with Gasteiger partial charge in [-0.15, -0.1) is 0 Å². The van der Waals surface area contributed by atoms with E-state index < -0.39 is 27.5 Å². The van der Waals surface area contributed by atoms with Crippen molar-refractivity contribution in [2.24, 2.45) is 0 Å². The summed E-state index contributed by atoms with van der Waals surface area (Å²) in [7, 11) is -3.85. The van der Waals surface area contributed by atoms with Crippen LogP contribution in [0.15, 0.2) is 71.6 Å². The maximum atomic E-state index is 13.6. The Bertz CT molecular complexity index is 1020. The molecule has 0 radical (unpaired) electrons. The van der Waals surface area contributed by atoms with Crippen LogP contribution in [0.25, 0.3) is 0 Å². The molecule has 4 nitrogen and oxygen atoms in total. The highest BCUT2D eigenvalue weighted by molar-refractivity contribution is 7.92. The maximum absolute atomic E-state index is 13.6. The van der Waals surface area contributed by atoms with Crippen LogP contribution in [-0.2, 0) is 10.0 Å². The highest BCUT2D eigenvalue weighted by Crippen LogP contribution is 2.23. The number of hydrogen-bond acceptors (Lipinski definition) is 3. The van der Waals surface area contributed by atoms with Gasteiger partial charge in [-0.2, -0.15) is 0 Å². The Balaban J connectivity index is 1.74. The van der Waals surface area contributed by atoms with Crippen LogP contribution in [0, 0.1) is 17.5 Å². The first-order valence-electron chi connectivity index (χ1n) is 7.44. The van der Waals surface area contributed by atoms with Gasteiger partial charge in [0.05, 0.1) is 10.6 Å². The Morgan fingerprint density at radius 2 is 1.27 bits per heavy atom. The molecule has 8 heteroatoms. The molecule has 3 aromatic rings. The smallest absolute Gasteiger partial charge is 0.261 e. The van der Waals surface area contributed by atoms with Crippen molar-refractivity contribution in [3.63, 3.8) is 0 Å². The molecule has 0 aromatic heterocycles. The Kier molecular flexibility index (Phi) is 4.85. The molecule has 3 rings (SSSR count). The van der Waals surface area contributed by atoms with Crippen LogP contribution < -0.4 is 10.0 Å². The van der Waals surface area contributed by atoms with Gasteiger partial charge in [-0.05, 0) is 60.7 Å². The van der Waals surface area contributed by atoms with Crippen LogP contribution in [-0.4, -0.2) is 8.42 Å². The highest BCUT2D eigenvalue weighted by atomic mass is 32.2. The summed E-state index contributed by atoms with van der Waals surface area (Å²) in [6, 6.07) is 13.6. The molecule has 0 saturated heterocycles. The van der Waals surface area contributed by atoms with Crippen LogP contribution in [0.4, 0.5) is 30.2 Å². The molecular formula is C18H13F3N2O2S. The third-order valence-corrected chi connectivity index (χ3v) is 4.87. The molecular weight excluding hydrogens is 365 g/mol. The molecule has 0 saturated carbocycles. The molecule has 26 heavy (non-hydrogen) atoms. The number of rotatable bonds is 5. The van der Waals surface area contributed by atoms with E-state index in [-0.39, 0.29) is 16.3 Å². The van der Waals surface area contributed by atoms with Crippen LogP contribution in [0.5, 0.6) is 0 Å². The lowest BCUT2D eigenvalue weighted by atomic mass is 10.2. The molecule has 0 aliphatic carbocycles. The van der Waals surface area contributed by atoms with E-state index in [1.807, 2.05) is 0 Å². The molecule has 0 aliphatic rings. The summed E-state index contributed by atoms with van der Waals surface area (Å²) in [6.07, 6.45) is 0. The lowest BCUT2D eigenvalue weighted by Gasteiger charge is -2.10. The lowest BCUT2D eigenvalue weighted by Crippen LogP contribution is -2.12. The molecule has 0 atom stereocenters. The number of sulfonamides is 1. The van der Waals surface area contributed by atoms with Gasteiger partial charge in [-0.3, -0.25) is 4.72 Å². The van der Waals surface area contributed by atoms with Crippen molar-refractivity contribution >= 4 is 27.1 Å². The van der Waals surface area contributed by atoms with Gasteiger partial charge < -0.3 is 5.32 Å². The van der Waals surface area contributed by atoms with E-state index in [0.29, 0.717) is 5.69 Å². The fourth-order valence-electron chi connectivity index (χ4n) is 2.20. The van der Waals surface area contributed by atoms with Crippen molar-refractivity contribution in [2.75, 3.05) is 10.0 Å². The van der Waals surface area contributed by atoms with E-state index in [0.717, 1.165) is 36.4 Å². The van der Waals surface area contributed by atoms with E-state index in [1.165, 1.54) is 30.3 Å². The predicted octanol–water partition coefficient (Wildman–Crippen LogP) is 4.65. The minimum atomic E-state index is -3.85. The Morgan fingerprint density at radius 3 is 1.88 bits per heavy atom. The second kappa shape index (κ2) is 7.09. The number of halogens is 3. The standard InChI is InChI=1S/C18H13F3N2O2S/c19-12-1-8-16(9-2-12)26(24,25)23-15-6-4-14(5-7-15)22-18-10-3-13(20)11-17(18)21/h1-11,22-23H. The lowest BCUT2D eigenvalue weighted by molar-refractivity contribution is 0.586. The van der Waals surface area contributed by atoms with Gasteiger partial charge in [0.2, 0.25) is 0 Å². The number of nitrogens with one attached hydrogen (secondary N) is 2. The van der Waals surface area contributed by atoms with Gasteiger partial charge in [0.15, 0.2) is 0 Å². The maximum Gasteiger partial charge on any atom is 0.261 e. The van der Waals surface area contributed by atoms with E-state index in [2.05, 4.69) is 10.0 Å². The van der Waals surface area contributed by atoms with Crippen LogP contribution in [0.3, 0.4) is 0 Å². The fourth-order valence-corrected chi connectivity index (χ4v) is 3.25. The minimum absolute atomic E-state index is 0.0746. The van der Waals surface area contributed by atoms with E-state index in [1.54, 1.807) is 0 Å². The molecule has 2 N–H and O–H groups in total. The van der Waals surface area contributed by atoms with Crippen molar-refractivity contribution in [2.45, 2.75) is 4.90 Å². The molecule has 0 unspecified atom stereocenters. The zero-order chi connectivity index (χ0) is 18.7. The second-order valence-corrected chi connectivity index (χ2v) is 7.07. The van der Waals surface area contributed by atoms with Gasteiger partial charge in [0.25, 0.3) is 10.0 Å². The second-order valence-electron chi connectivity index (χ2n) is 5.39. The Labute approximate surface area is 148 Å². The average molecular weight is 378 g/mol. The first kappa shape index (κ1) is 17.8. The normalized spacial score (nSPS) is 11.2. The topological polar surface area (TPSA) is 58.2 Å². The summed E-state index contributed by atoms with van der Waals surface area (Å²) >= 11 is 0. The minimum Gasteiger partial charge on any atom is -0.353 e. The molecule has 0 bridgehead atoms. The predicted molar refractivity (Wildman–Crippen MR) is 93.3 cm³/mol. The van der Waals surface area contributed by atoms with Gasteiger partial charge in [-0.25, -0.2) is 21.6 Å². The summed E-state index contributed by atoms with van der Waals surface area (Å²) in [5, 5.41) is 2.77. The van der Waals surface area contributed by atoms with Gasteiger partial charge >= 0.3 is 0 Å². The van der Waals surface area contributed by atoms with Crippen molar-refractivity contribution in [1.82, 2.24) is 0 Å². The third kappa shape index (κ3) is 4.15. The summed E-state index contributed by atoms with van der Waals surface area (Å²) < 4.78 is 66.3. The average Bonchev–Trinajstić information content (AvgIpc) is 2.59.